The Kier molecular flexibility index (Phi) is 4.20. The molecule has 0 spiro atoms. The first-order chi connectivity index (χ1) is 12.7. The molecular weight excluding hydrogens is 342 g/mol. The molecule has 6 heteroatoms. The lowest BCUT2D eigenvalue weighted by Crippen LogP contribution is -2.29. The predicted molar refractivity (Wildman–Crippen MR) is 105 cm³/mol. The van der Waals surface area contributed by atoms with E-state index in [1.807, 2.05) is 11.3 Å². The summed E-state index contributed by atoms with van der Waals surface area (Å²) >= 11 is 1.96. The second kappa shape index (κ2) is 6.57. The molecule has 2 aromatic rings. The van der Waals surface area contributed by atoms with Gasteiger partial charge in [0.2, 0.25) is 0 Å². The van der Waals surface area contributed by atoms with Gasteiger partial charge in [-0.3, -0.25) is 4.90 Å². The molecule has 2 fully saturated rings. The van der Waals surface area contributed by atoms with Gasteiger partial charge in [-0.05, 0) is 37.0 Å². The molecule has 0 radical (unpaired) electrons. The molecule has 3 aliphatic rings. The summed E-state index contributed by atoms with van der Waals surface area (Å²) in [4.78, 5) is 20.5. The second-order valence-electron chi connectivity index (χ2n) is 8.41. The Balaban J connectivity index is 1.21. The Morgan fingerprint density at radius 3 is 2.65 bits per heavy atom. The Morgan fingerprint density at radius 1 is 1.12 bits per heavy atom. The second-order valence-corrected chi connectivity index (χ2v) is 9.57. The summed E-state index contributed by atoms with van der Waals surface area (Å²) < 4.78 is 0. The third kappa shape index (κ3) is 3.03. The molecule has 2 saturated heterocycles. The maximum Gasteiger partial charge on any atom is 0.132 e. The van der Waals surface area contributed by atoms with Crippen LogP contribution in [0.25, 0.3) is 0 Å². The summed E-state index contributed by atoms with van der Waals surface area (Å²) in [6, 6.07) is 2.18. The first kappa shape index (κ1) is 16.6. The van der Waals surface area contributed by atoms with E-state index in [9.17, 15) is 0 Å². The number of likely N-dealkylation sites (tertiary alicyclic amines) is 1. The van der Waals surface area contributed by atoms with Gasteiger partial charge in [0.05, 0.1) is 12.2 Å². The minimum Gasteiger partial charge on any atom is -0.356 e. The fourth-order valence-electron chi connectivity index (χ4n) is 4.76. The Hall–Kier alpha value is -1.53. The zero-order valence-corrected chi connectivity index (χ0v) is 16.5. The van der Waals surface area contributed by atoms with Crippen molar-refractivity contribution in [3.05, 3.63) is 33.7 Å². The fraction of sp³-hybridized carbons (Fsp3) is 0.650. The number of aryl methyl sites for hydroxylation is 2. The van der Waals surface area contributed by atoms with Crippen LogP contribution in [0.4, 0.5) is 5.82 Å². The first-order valence-corrected chi connectivity index (χ1v) is 10.7. The fourth-order valence-corrected chi connectivity index (χ4v) is 5.96. The van der Waals surface area contributed by atoms with E-state index in [4.69, 9.17) is 4.98 Å². The van der Waals surface area contributed by atoms with Gasteiger partial charge < -0.3 is 4.90 Å². The molecule has 138 valence electrons. The van der Waals surface area contributed by atoms with E-state index in [-0.39, 0.29) is 0 Å². The highest BCUT2D eigenvalue weighted by Crippen LogP contribution is 2.35. The van der Waals surface area contributed by atoms with Crippen molar-refractivity contribution in [3.8, 4) is 0 Å². The predicted octanol–water partition coefficient (Wildman–Crippen LogP) is 3.11. The van der Waals surface area contributed by atoms with E-state index in [1.54, 1.807) is 11.2 Å². The summed E-state index contributed by atoms with van der Waals surface area (Å²) in [5, 5.41) is 1.34. The highest BCUT2D eigenvalue weighted by Gasteiger charge is 2.40. The SMILES string of the molecule is CC(C)c1cc(N2CC3CN(Cc4nc5c(s4)CCC5)CC3C2)ncn1. The van der Waals surface area contributed by atoms with Gasteiger partial charge in [-0.2, -0.15) is 0 Å². The topological polar surface area (TPSA) is 45.2 Å². The van der Waals surface area contributed by atoms with E-state index in [0.717, 1.165) is 43.0 Å². The smallest absolute Gasteiger partial charge is 0.132 e. The largest absolute Gasteiger partial charge is 0.356 e. The molecule has 0 N–H and O–H groups in total. The molecule has 5 nitrogen and oxygen atoms in total. The molecule has 0 bridgehead atoms. The standard InChI is InChI=1S/C20H27N5S/c1-13(2)17-6-19(22-12-21-17)25-9-14-7-24(8-15(14)10-25)11-20-23-16-4-3-5-18(16)26-20/h6,12-15H,3-5,7-11H2,1-2H3. The Morgan fingerprint density at radius 2 is 1.92 bits per heavy atom. The van der Waals surface area contributed by atoms with Gasteiger partial charge in [0.1, 0.15) is 17.2 Å². The molecule has 2 atom stereocenters. The van der Waals surface area contributed by atoms with Crippen molar-refractivity contribution in [3.63, 3.8) is 0 Å². The molecule has 0 amide bonds. The van der Waals surface area contributed by atoms with Crippen molar-refractivity contribution in [1.82, 2.24) is 19.9 Å². The maximum atomic E-state index is 4.89. The van der Waals surface area contributed by atoms with Crippen LogP contribution < -0.4 is 4.90 Å². The van der Waals surface area contributed by atoms with Gasteiger partial charge in [-0.15, -0.1) is 11.3 Å². The maximum absolute atomic E-state index is 4.89. The van der Waals surface area contributed by atoms with Crippen LogP contribution in [0.2, 0.25) is 0 Å². The van der Waals surface area contributed by atoms with Crippen LogP contribution in [0, 0.1) is 11.8 Å². The number of aromatic nitrogens is 3. The van der Waals surface area contributed by atoms with E-state index in [0.29, 0.717) is 5.92 Å². The van der Waals surface area contributed by atoms with Crippen molar-refractivity contribution >= 4 is 17.2 Å². The number of thiazole rings is 1. The quantitative estimate of drug-likeness (QED) is 0.829. The number of hydrogen-bond acceptors (Lipinski definition) is 6. The van der Waals surface area contributed by atoms with Gasteiger partial charge in [0.25, 0.3) is 0 Å². The zero-order valence-electron chi connectivity index (χ0n) is 15.7. The molecule has 2 aromatic heterocycles. The lowest BCUT2D eigenvalue weighted by molar-refractivity contribution is 0.308. The summed E-state index contributed by atoms with van der Waals surface area (Å²) in [5.74, 6) is 3.09. The summed E-state index contributed by atoms with van der Waals surface area (Å²) in [5.41, 5.74) is 2.53. The highest BCUT2D eigenvalue weighted by molar-refractivity contribution is 7.11. The molecule has 0 saturated carbocycles. The van der Waals surface area contributed by atoms with Crippen molar-refractivity contribution < 1.29 is 0 Å². The van der Waals surface area contributed by atoms with Crippen LogP contribution in [0.3, 0.4) is 0 Å². The van der Waals surface area contributed by atoms with Crippen LogP contribution in [0.15, 0.2) is 12.4 Å². The van der Waals surface area contributed by atoms with E-state index >= 15 is 0 Å². The summed E-state index contributed by atoms with van der Waals surface area (Å²) in [6.07, 6.45) is 5.49. The number of fused-ring (bicyclic) bond motifs is 2. The number of rotatable bonds is 4. The van der Waals surface area contributed by atoms with Crippen LogP contribution in [-0.4, -0.2) is 46.0 Å². The third-order valence-electron chi connectivity index (χ3n) is 6.15. The van der Waals surface area contributed by atoms with Gasteiger partial charge in [-0.1, -0.05) is 13.8 Å². The monoisotopic (exact) mass is 369 g/mol. The average Bonchev–Trinajstić information content (AvgIpc) is 3.34. The van der Waals surface area contributed by atoms with Crippen molar-refractivity contribution in [2.45, 2.75) is 45.6 Å². The molecule has 2 aliphatic heterocycles. The molecule has 2 unspecified atom stereocenters. The molecular formula is C20H27N5S. The van der Waals surface area contributed by atoms with Gasteiger partial charge in [-0.25, -0.2) is 15.0 Å². The van der Waals surface area contributed by atoms with Gasteiger partial charge in [0.15, 0.2) is 0 Å². The number of nitrogens with zero attached hydrogens (tertiary/aromatic N) is 5. The van der Waals surface area contributed by atoms with E-state index in [1.165, 1.54) is 43.1 Å². The van der Waals surface area contributed by atoms with Crippen LogP contribution in [-0.2, 0) is 19.4 Å². The van der Waals surface area contributed by atoms with Crippen LogP contribution in [0.5, 0.6) is 0 Å². The molecule has 1 aliphatic carbocycles. The zero-order chi connectivity index (χ0) is 17.7. The van der Waals surface area contributed by atoms with Crippen molar-refractivity contribution in [1.29, 1.82) is 0 Å². The van der Waals surface area contributed by atoms with Crippen LogP contribution in [0.1, 0.15) is 47.5 Å². The number of hydrogen-bond donors (Lipinski definition) is 0. The number of anilines is 1. The molecule has 4 heterocycles. The van der Waals surface area contributed by atoms with E-state index in [2.05, 4.69) is 39.7 Å². The lowest BCUT2D eigenvalue weighted by atomic mass is 10.0. The summed E-state index contributed by atoms with van der Waals surface area (Å²) in [6.45, 7) is 10.1. The minimum atomic E-state index is 0.453. The molecule has 0 aromatic carbocycles. The van der Waals surface area contributed by atoms with E-state index < -0.39 is 0 Å². The Bertz CT molecular complexity index is 766. The van der Waals surface area contributed by atoms with Crippen molar-refractivity contribution in [2.75, 3.05) is 31.1 Å². The average molecular weight is 370 g/mol. The summed E-state index contributed by atoms with van der Waals surface area (Å²) in [7, 11) is 0. The normalized spacial score (nSPS) is 25.3. The highest BCUT2D eigenvalue weighted by atomic mass is 32.1. The first-order valence-electron chi connectivity index (χ1n) is 9.92. The minimum absolute atomic E-state index is 0.453. The van der Waals surface area contributed by atoms with Gasteiger partial charge in [0, 0.05) is 42.8 Å². The molecule has 5 rings (SSSR count). The Labute approximate surface area is 159 Å². The van der Waals surface area contributed by atoms with Crippen LogP contribution >= 0.6 is 11.3 Å². The molecule has 26 heavy (non-hydrogen) atoms. The van der Waals surface area contributed by atoms with Gasteiger partial charge >= 0.3 is 0 Å². The van der Waals surface area contributed by atoms with Crippen molar-refractivity contribution in [2.24, 2.45) is 11.8 Å². The third-order valence-corrected chi connectivity index (χ3v) is 7.29. The lowest BCUT2D eigenvalue weighted by Gasteiger charge is -2.22.